The van der Waals surface area contributed by atoms with Gasteiger partial charge in [0.15, 0.2) is 0 Å². The predicted octanol–water partition coefficient (Wildman–Crippen LogP) is 3.37. The molecule has 0 spiro atoms. The van der Waals surface area contributed by atoms with Gasteiger partial charge in [-0.2, -0.15) is 0 Å². The van der Waals surface area contributed by atoms with Gasteiger partial charge in [-0.05, 0) is 25.0 Å². The molecule has 16 heavy (non-hydrogen) atoms. The van der Waals surface area contributed by atoms with E-state index in [1.54, 1.807) is 0 Å². The van der Waals surface area contributed by atoms with Crippen LogP contribution in [0.4, 0.5) is 5.69 Å². The minimum absolute atomic E-state index is 0.0829. The van der Waals surface area contributed by atoms with E-state index in [1.165, 1.54) is 12.1 Å². The highest BCUT2D eigenvalue weighted by Gasteiger charge is 2.31. The van der Waals surface area contributed by atoms with E-state index in [0.717, 1.165) is 16.7 Å². The fraction of sp³-hybridized carbons (Fsp3) is 0.417. The highest BCUT2D eigenvalue weighted by atomic mass is 16.6. The number of hydrogen-bond donors (Lipinski definition) is 0. The maximum Gasteiger partial charge on any atom is 0.269 e. The lowest BCUT2D eigenvalue weighted by atomic mass is 9.87. The fourth-order valence-corrected chi connectivity index (χ4v) is 2.07. The average Bonchev–Trinajstić information content (AvgIpc) is 2.16. The van der Waals surface area contributed by atoms with Gasteiger partial charge in [0.25, 0.3) is 11.2 Å². The Bertz CT molecular complexity index is 461. The Hall–Kier alpha value is -1.89. The second-order valence-corrected chi connectivity index (χ2v) is 4.38. The number of nitrogens with zero attached hydrogens (tertiary/aromatic N) is 2. The molecule has 0 amide bonds. The van der Waals surface area contributed by atoms with Crippen molar-refractivity contribution >= 4 is 5.69 Å². The van der Waals surface area contributed by atoms with Crippen molar-refractivity contribution in [2.24, 2.45) is 0 Å². The second-order valence-electron chi connectivity index (χ2n) is 4.38. The summed E-state index contributed by atoms with van der Waals surface area (Å²) in [6, 6.07) is 3.05. The van der Waals surface area contributed by atoms with Crippen molar-refractivity contribution in [3.8, 4) is 0 Å². The van der Waals surface area contributed by atoms with E-state index in [9.17, 15) is 10.1 Å². The van der Waals surface area contributed by atoms with E-state index in [2.05, 4.69) is 4.85 Å². The van der Waals surface area contributed by atoms with Gasteiger partial charge in [-0.15, -0.1) is 0 Å². The van der Waals surface area contributed by atoms with Crippen molar-refractivity contribution in [3.63, 3.8) is 0 Å². The fourth-order valence-electron chi connectivity index (χ4n) is 2.07. The van der Waals surface area contributed by atoms with Gasteiger partial charge < -0.3 is 4.85 Å². The van der Waals surface area contributed by atoms with E-state index in [-0.39, 0.29) is 5.69 Å². The molecule has 4 heteroatoms. The molecule has 1 aromatic rings. The summed E-state index contributed by atoms with van der Waals surface area (Å²) in [5, 5.41) is 10.7. The maximum absolute atomic E-state index is 10.7. The number of hydrogen-bond acceptors (Lipinski definition) is 2. The van der Waals surface area contributed by atoms with Crippen molar-refractivity contribution < 1.29 is 4.92 Å². The van der Waals surface area contributed by atoms with Crippen LogP contribution < -0.4 is 0 Å². The third-order valence-electron chi connectivity index (χ3n) is 2.62. The average molecular weight is 218 g/mol. The number of benzene rings is 1. The van der Waals surface area contributed by atoms with Gasteiger partial charge in [0.2, 0.25) is 0 Å². The Morgan fingerprint density at radius 1 is 1.31 bits per heavy atom. The van der Waals surface area contributed by atoms with Crippen LogP contribution in [-0.2, 0) is 5.54 Å². The summed E-state index contributed by atoms with van der Waals surface area (Å²) in [5.41, 5.74) is 1.93. The number of aryl methyl sites for hydroxylation is 2. The summed E-state index contributed by atoms with van der Waals surface area (Å²) in [6.45, 7) is 14.4. The van der Waals surface area contributed by atoms with E-state index in [4.69, 9.17) is 6.57 Å². The summed E-state index contributed by atoms with van der Waals surface area (Å²) >= 11 is 0. The Morgan fingerprint density at radius 2 is 1.75 bits per heavy atom. The van der Waals surface area contributed by atoms with Gasteiger partial charge in [0.1, 0.15) is 0 Å². The molecule has 0 saturated carbocycles. The molecule has 0 aliphatic rings. The molecule has 1 aromatic carbocycles. The van der Waals surface area contributed by atoms with Crippen molar-refractivity contribution in [1.82, 2.24) is 0 Å². The lowest BCUT2D eigenvalue weighted by Gasteiger charge is -2.17. The normalized spacial score (nSPS) is 10.9. The van der Waals surface area contributed by atoms with Gasteiger partial charge >= 0.3 is 0 Å². The molecule has 0 fully saturated rings. The van der Waals surface area contributed by atoms with Crippen molar-refractivity contribution in [3.05, 3.63) is 50.4 Å². The Labute approximate surface area is 94.9 Å². The van der Waals surface area contributed by atoms with E-state index in [0.29, 0.717) is 0 Å². The van der Waals surface area contributed by atoms with Gasteiger partial charge in [0, 0.05) is 31.5 Å². The van der Waals surface area contributed by atoms with Crippen LogP contribution >= 0.6 is 0 Å². The molecular weight excluding hydrogens is 204 g/mol. The molecular formula is C12H14N2O2. The molecule has 0 bridgehead atoms. The Kier molecular flexibility index (Phi) is 2.99. The largest absolute Gasteiger partial charge is 0.306 e. The zero-order valence-electron chi connectivity index (χ0n) is 9.87. The van der Waals surface area contributed by atoms with Crippen LogP contribution in [0.5, 0.6) is 0 Å². The topological polar surface area (TPSA) is 47.5 Å². The van der Waals surface area contributed by atoms with Gasteiger partial charge in [-0.3, -0.25) is 10.1 Å². The molecule has 0 aromatic heterocycles. The molecule has 84 valence electrons. The van der Waals surface area contributed by atoms with Crippen LogP contribution in [0.2, 0.25) is 0 Å². The molecule has 0 aliphatic carbocycles. The monoisotopic (exact) mass is 218 g/mol. The molecule has 0 aliphatic heterocycles. The van der Waals surface area contributed by atoms with Gasteiger partial charge in [-0.1, -0.05) is 0 Å². The number of rotatable bonds is 2. The molecule has 0 N–H and O–H groups in total. The lowest BCUT2D eigenvalue weighted by molar-refractivity contribution is -0.385. The maximum atomic E-state index is 10.7. The highest BCUT2D eigenvalue weighted by molar-refractivity contribution is 5.48. The van der Waals surface area contributed by atoms with Crippen LogP contribution in [0.25, 0.3) is 4.85 Å². The van der Waals surface area contributed by atoms with Crippen molar-refractivity contribution in [2.45, 2.75) is 33.2 Å². The molecule has 1 rings (SSSR count). The number of nitro groups is 1. The number of nitro benzene ring substituents is 1. The molecule has 0 saturated heterocycles. The molecule has 0 atom stereocenters. The van der Waals surface area contributed by atoms with Crippen molar-refractivity contribution in [1.29, 1.82) is 0 Å². The smallest absolute Gasteiger partial charge is 0.269 e. The highest BCUT2D eigenvalue weighted by Crippen LogP contribution is 2.33. The number of non-ortho nitro benzene ring substituents is 1. The van der Waals surface area contributed by atoms with E-state index >= 15 is 0 Å². The standard InChI is InChI=1S/C12H14N2O2/c1-8-6-10(14(15)16)7-9(2)11(8)12(3,4)13-5/h6-7H,1-4H3. The second kappa shape index (κ2) is 3.93. The zero-order valence-corrected chi connectivity index (χ0v) is 9.87. The first-order valence-electron chi connectivity index (χ1n) is 4.94. The predicted molar refractivity (Wildman–Crippen MR) is 62.2 cm³/mol. The minimum Gasteiger partial charge on any atom is -0.306 e. The van der Waals surface area contributed by atoms with Gasteiger partial charge in [-0.25, -0.2) is 6.57 Å². The molecule has 4 nitrogen and oxygen atoms in total. The van der Waals surface area contributed by atoms with Crippen LogP contribution in [0, 0.1) is 30.5 Å². The van der Waals surface area contributed by atoms with E-state index in [1.807, 2.05) is 27.7 Å². The zero-order chi connectivity index (χ0) is 12.5. The lowest BCUT2D eigenvalue weighted by Crippen LogP contribution is -2.15. The first-order valence-corrected chi connectivity index (χ1v) is 4.94. The first-order chi connectivity index (χ1) is 7.29. The van der Waals surface area contributed by atoms with Crippen LogP contribution in [0.1, 0.15) is 30.5 Å². The molecule has 0 heterocycles. The summed E-state index contributed by atoms with van der Waals surface area (Å²) < 4.78 is 0. The van der Waals surface area contributed by atoms with Crippen molar-refractivity contribution in [2.75, 3.05) is 0 Å². The van der Waals surface area contributed by atoms with Gasteiger partial charge in [0.05, 0.1) is 4.92 Å². The summed E-state index contributed by atoms with van der Waals surface area (Å²) in [5.74, 6) is 0. The summed E-state index contributed by atoms with van der Waals surface area (Å²) in [7, 11) is 0. The quantitative estimate of drug-likeness (QED) is 0.434. The summed E-state index contributed by atoms with van der Waals surface area (Å²) in [6.07, 6.45) is 0. The van der Waals surface area contributed by atoms with Crippen LogP contribution in [-0.4, -0.2) is 4.92 Å². The van der Waals surface area contributed by atoms with E-state index < -0.39 is 10.5 Å². The first kappa shape index (κ1) is 12.2. The molecule has 0 radical (unpaired) electrons. The SMILES string of the molecule is [C-]#[N+]C(C)(C)c1c(C)cc([N+](=O)[O-])cc1C. The summed E-state index contributed by atoms with van der Waals surface area (Å²) in [4.78, 5) is 13.8. The van der Waals surface area contributed by atoms with Crippen LogP contribution in [0.15, 0.2) is 12.1 Å². The minimum atomic E-state index is -0.636. The third-order valence-corrected chi connectivity index (χ3v) is 2.62. The Balaban J connectivity index is 3.47. The Morgan fingerprint density at radius 3 is 2.06 bits per heavy atom. The molecule has 0 unspecified atom stereocenters. The third kappa shape index (κ3) is 2.03. The van der Waals surface area contributed by atoms with Crippen LogP contribution in [0.3, 0.4) is 0 Å².